The van der Waals surface area contributed by atoms with E-state index in [-0.39, 0.29) is 12.0 Å². The first-order valence-electron chi connectivity index (χ1n) is 8.42. The van der Waals surface area contributed by atoms with Crippen molar-refractivity contribution in [2.45, 2.75) is 57.1 Å². The van der Waals surface area contributed by atoms with Crippen molar-refractivity contribution >= 4 is 11.9 Å². The van der Waals surface area contributed by atoms with Gasteiger partial charge in [0, 0.05) is 5.56 Å². The van der Waals surface area contributed by atoms with Crippen molar-refractivity contribution < 1.29 is 19.4 Å². The molecule has 5 nitrogen and oxygen atoms in total. The fourth-order valence-corrected chi connectivity index (χ4v) is 3.06. The van der Waals surface area contributed by atoms with Gasteiger partial charge in [0.25, 0.3) is 5.91 Å². The molecule has 1 amide bonds. The van der Waals surface area contributed by atoms with Crippen LogP contribution in [0.1, 0.15) is 55.3 Å². The van der Waals surface area contributed by atoms with Crippen molar-refractivity contribution in [2.24, 2.45) is 5.92 Å². The number of carboxylic acids is 1. The van der Waals surface area contributed by atoms with Crippen molar-refractivity contribution in [1.82, 2.24) is 5.32 Å². The van der Waals surface area contributed by atoms with Crippen molar-refractivity contribution in [1.29, 1.82) is 0 Å². The molecule has 124 valence electrons. The molecule has 2 aliphatic carbocycles. The van der Waals surface area contributed by atoms with E-state index in [2.05, 4.69) is 5.32 Å². The molecule has 0 aromatic heterocycles. The van der Waals surface area contributed by atoms with E-state index in [1.54, 1.807) is 18.2 Å². The number of nitrogens with one attached hydrogen (secondary N) is 1. The minimum absolute atomic E-state index is 0.231. The molecule has 2 N–H and O–H groups in total. The first kappa shape index (κ1) is 15.8. The average Bonchev–Trinajstić information content (AvgIpc) is 3.21. The summed E-state index contributed by atoms with van der Waals surface area (Å²) in [6.45, 7) is 0. The Labute approximate surface area is 136 Å². The van der Waals surface area contributed by atoms with Gasteiger partial charge in [0.2, 0.25) is 0 Å². The Morgan fingerprint density at radius 3 is 2.61 bits per heavy atom. The number of carbonyl (C=O) groups excluding carboxylic acids is 1. The van der Waals surface area contributed by atoms with Crippen LogP contribution in [-0.2, 0) is 4.79 Å². The molecule has 0 heterocycles. The fraction of sp³-hybridized carbons (Fsp3) is 0.556. The van der Waals surface area contributed by atoms with E-state index in [9.17, 15) is 14.7 Å². The zero-order valence-corrected chi connectivity index (χ0v) is 13.2. The lowest BCUT2D eigenvalue weighted by Crippen LogP contribution is -2.41. The average molecular weight is 317 g/mol. The van der Waals surface area contributed by atoms with Gasteiger partial charge in [0.05, 0.1) is 6.10 Å². The summed E-state index contributed by atoms with van der Waals surface area (Å²) in [5.74, 6) is -0.203. The third kappa shape index (κ3) is 4.47. The summed E-state index contributed by atoms with van der Waals surface area (Å²) < 4.78 is 5.90. The highest BCUT2D eigenvalue weighted by Crippen LogP contribution is 2.33. The molecule has 2 saturated carbocycles. The maximum absolute atomic E-state index is 12.3. The molecule has 0 saturated heterocycles. The molecule has 1 atom stereocenters. The molecule has 1 aromatic rings. The van der Waals surface area contributed by atoms with Gasteiger partial charge in [-0.05, 0) is 56.2 Å². The molecule has 0 aliphatic heterocycles. The van der Waals surface area contributed by atoms with Crippen molar-refractivity contribution in [2.75, 3.05) is 0 Å². The normalized spacial score (nSPS) is 19.3. The lowest BCUT2D eigenvalue weighted by atomic mass is 10.1. The molecule has 5 heteroatoms. The van der Waals surface area contributed by atoms with Crippen molar-refractivity contribution in [3.05, 3.63) is 29.8 Å². The predicted molar refractivity (Wildman–Crippen MR) is 85.6 cm³/mol. The van der Waals surface area contributed by atoms with Crippen LogP contribution in [-0.4, -0.2) is 29.1 Å². The first-order chi connectivity index (χ1) is 11.1. The summed E-state index contributed by atoms with van der Waals surface area (Å²) in [5.41, 5.74) is 0.447. The number of carbonyl (C=O) groups is 2. The summed E-state index contributed by atoms with van der Waals surface area (Å²) in [6, 6.07) is 6.19. The van der Waals surface area contributed by atoms with Crippen LogP contribution in [0.4, 0.5) is 0 Å². The first-order valence-corrected chi connectivity index (χ1v) is 8.42. The Bertz CT molecular complexity index is 576. The summed E-state index contributed by atoms with van der Waals surface area (Å²) in [7, 11) is 0. The molecule has 2 aliphatic rings. The second kappa shape index (κ2) is 7.02. The van der Waals surface area contributed by atoms with Crippen LogP contribution >= 0.6 is 0 Å². The molecular formula is C18H23NO4. The van der Waals surface area contributed by atoms with E-state index in [1.807, 2.05) is 6.07 Å². The molecule has 2 fully saturated rings. The number of benzene rings is 1. The SMILES string of the molecule is O=C(NC(CC1CC1)C(=O)O)c1cccc(OC2CCCC2)c1. The third-order valence-corrected chi connectivity index (χ3v) is 4.57. The van der Waals surface area contributed by atoms with E-state index >= 15 is 0 Å². The predicted octanol–water partition coefficient (Wildman–Crippen LogP) is 2.99. The van der Waals surface area contributed by atoms with Gasteiger partial charge in [0.1, 0.15) is 11.8 Å². The van der Waals surface area contributed by atoms with Gasteiger partial charge < -0.3 is 15.2 Å². The highest BCUT2D eigenvalue weighted by Gasteiger charge is 2.30. The summed E-state index contributed by atoms with van der Waals surface area (Å²) in [5, 5.41) is 11.9. The maximum Gasteiger partial charge on any atom is 0.326 e. The van der Waals surface area contributed by atoms with E-state index in [0.29, 0.717) is 23.7 Å². The summed E-state index contributed by atoms with van der Waals surface area (Å²) >= 11 is 0. The number of hydrogen-bond acceptors (Lipinski definition) is 3. The standard InChI is InChI=1S/C18H23NO4/c20-17(19-16(18(21)22)10-12-8-9-12)13-4-3-7-15(11-13)23-14-5-1-2-6-14/h3-4,7,11-12,14,16H,1-2,5-6,8-10H2,(H,19,20)(H,21,22). The van der Waals surface area contributed by atoms with Crippen LogP contribution in [0.15, 0.2) is 24.3 Å². The molecule has 0 spiro atoms. The van der Waals surface area contributed by atoms with E-state index in [4.69, 9.17) is 4.74 Å². The van der Waals surface area contributed by atoms with Crippen LogP contribution in [0.2, 0.25) is 0 Å². The van der Waals surface area contributed by atoms with Gasteiger partial charge in [-0.3, -0.25) is 4.79 Å². The zero-order chi connectivity index (χ0) is 16.2. The maximum atomic E-state index is 12.3. The van der Waals surface area contributed by atoms with Gasteiger partial charge in [0.15, 0.2) is 0 Å². The number of amides is 1. The van der Waals surface area contributed by atoms with Crippen molar-refractivity contribution in [3.8, 4) is 5.75 Å². The Hall–Kier alpha value is -2.04. The van der Waals surface area contributed by atoms with Gasteiger partial charge in [-0.1, -0.05) is 18.9 Å². The number of aliphatic carboxylic acids is 1. The van der Waals surface area contributed by atoms with Crippen LogP contribution in [0.25, 0.3) is 0 Å². The van der Waals surface area contributed by atoms with Crippen LogP contribution < -0.4 is 10.1 Å². The monoisotopic (exact) mass is 317 g/mol. The summed E-state index contributed by atoms with van der Waals surface area (Å²) in [4.78, 5) is 23.6. The van der Waals surface area contributed by atoms with Gasteiger partial charge in [-0.25, -0.2) is 4.79 Å². The van der Waals surface area contributed by atoms with Gasteiger partial charge >= 0.3 is 5.97 Å². The van der Waals surface area contributed by atoms with Crippen LogP contribution in [0.5, 0.6) is 5.75 Å². The quantitative estimate of drug-likeness (QED) is 0.810. The minimum Gasteiger partial charge on any atom is -0.490 e. The lowest BCUT2D eigenvalue weighted by Gasteiger charge is -2.16. The second-order valence-electron chi connectivity index (χ2n) is 6.60. The van der Waals surface area contributed by atoms with Gasteiger partial charge in [-0.15, -0.1) is 0 Å². The lowest BCUT2D eigenvalue weighted by molar-refractivity contribution is -0.139. The Kier molecular flexibility index (Phi) is 4.84. The molecule has 1 aromatic carbocycles. The Balaban J connectivity index is 1.62. The molecule has 3 rings (SSSR count). The van der Waals surface area contributed by atoms with Crippen molar-refractivity contribution in [3.63, 3.8) is 0 Å². The molecule has 0 radical (unpaired) electrons. The van der Waals surface area contributed by atoms with E-state index in [0.717, 1.165) is 25.7 Å². The number of carboxylic acid groups (broad SMARTS) is 1. The summed E-state index contributed by atoms with van der Waals surface area (Å²) in [6.07, 6.45) is 7.35. The Morgan fingerprint density at radius 2 is 1.96 bits per heavy atom. The van der Waals surface area contributed by atoms with Crippen LogP contribution in [0.3, 0.4) is 0 Å². The molecule has 0 bridgehead atoms. The molecule has 1 unspecified atom stereocenters. The van der Waals surface area contributed by atoms with E-state index in [1.165, 1.54) is 12.8 Å². The highest BCUT2D eigenvalue weighted by molar-refractivity contribution is 5.96. The smallest absolute Gasteiger partial charge is 0.326 e. The topological polar surface area (TPSA) is 75.6 Å². The fourth-order valence-electron chi connectivity index (χ4n) is 3.06. The number of hydrogen-bond donors (Lipinski definition) is 2. The van der Waals surface area contributed by atoms with Gasteiger partial charge in [-0.2, -0.15) is 0 Å². The highest BCUT2D eigenvalue weighted by atomic mass is 16.5. The molecular weight excluding hydrogens is 294 g/mol. The molecule has 23 heavy (non-hydrogen) atoms. The van der Waals surface area contributed by atoms with Crippen LogP contribution in [0, 0.1) is 5.92 Å². The number of rotatable bonds is 7. The Morgan fingerprint density at radius 1 is 1.22 bits per heavy atom. The third-order valence-electron chi connectivity index (χ3n) is 4.57. The number of ether oxygens (including phenoxy) is 1. The second-order valence-corrected chi connectivity index (χ2v) is 6.60. The minimum atomic E-state index is -0.969. The van der Waals surface area contributed by atoms with E-state index < -0.39 is 12.0 Å². The zero-order valence-electron chi connectivity index (χ0n) is 13.2. The largest absolute Gasteiger partial charge is 0.490 e.